The van der Waals surface area contributed by atoms with Crippen molar-refractivity contribution in [1.82, 2.24) is 9.97 Å². The lowest BCUT2D eigenvalue weighted by Crippen LogP contribution is -1.87. The predicted molar refractivity (Wildman–Crippen MR) is 151 cm³/mol. The van der Waals surface area contributed by atoms with Gasteiger partial charge in [-0.3, -0.25) is 9.97 Å². The largest absolute Gasteiger partial charge is 0.263 e. The summed E-state index contributed by atoms with van der Waals surface area (Å²) in [5, 5.41) is 20.7. The van der Waals surface area contributed by atoms with Gasteiger partial charge in [0, 0.05) is 35.9 Å². The van der Waals surface area contributed by atoms with E-state index < -0.39 is 0 Å². The molecular formula is C34H20N4. The molecule has 0 N–H and O–H groups in total. The van der Waals surface area contributed by atoms with Crippen LogP contribution in [0.1, 0.15) is 11.1 Å². The van der Waals surface area contributed by atoms with E-state index in [-0.39, 0.29) is 0 Å². The molecule has 0 spiro atoms. The van der Waals surface area contributed by atoms with Crippen LogP contribution >= 0.6 is 0 Å². The van der Waals surface area contributed by atoms with Gasteiger partial charge in [-0.05, 0) is 56.3 Å². The van der Waals surface area contributed by atoms with Crippen LogP contribution in [-0.2, 0) is 0 Å². The minimum Gasteiger partial charge on any atom is -0.263 e. The monoisotopic (exact) mass is 484 g/mol. The second kappa shape index (κ2) is 9.82. The summed E-state index contributed by atoms with van der Waals surface area (Å²) in [6.45, 7) is 0. The maximum Gasteiger partial charge on any atom is 0.101 e. The molecule has 0 saturated heterocycles. The number of pyridine rings is 2. The molecule has 6 rings (SSSR count). The maximum atomic E-state index is 9.19. The van der Waals surface area contributed by atoms with Gasteiger partial charge in [-0.25, -0.2) is 0 Å². The van der Waals surface area contributed by atoms with Gasteiger partial charge in [0.25, 0.3) is 0 Å². The maximum absolute atomic E-state index is 9.19. The molecule has 6 aromatic rings. The van der Waals surface area contributed by atoms with E-state index in [2.05, 4.69) is 107 Å². The van der Waals surface area contributed by atoms with Crippen molar-refractivity contribution < 1.29 is 0 Å². The smallest absolute Gasteiger partial charge is 0.101 e. The molecule has 0 radical (unpaired) electrons. The van der Waals surface area contributed by atoms with Crippen molar-refractivity contribution in [3.8, 4) is 56.6 Å². The van der Waals surface area contributed by atoms with Gasteiger partial charge in [-0.15, -0.1) is 0 Å². The van der Waals surface area contributed by atoms with Crippen molar-refractivity contribution in [2.24, 2.45) is 0 Å². The van der Waals surface area contributed by atoms with Crippen LogP contribution in [0.3, 0.4) is 0 Å². The molecule has 0 aliphatic carbocycles. The van der Waals surface area contributed by atoms with Crippen LogP contribution < -0.4 is 0 Å². The number of benzene rings is 4. The van der Waals surface area contributed by atoms with E-state index in [9.17, 15) is 10.5 Å². The van der Waals surface area contributed by atoms with Gasteiger partial charge < -0.3 is 0 Å². The van der Waals surface area contributed by atoms with Gasteiger partial charge in [-0.1, -0.05) is 84.9 Å². The van der Waals surface area contributed by atoms with E-state index in [0.29, 0.717) is 11.1 Å². The Labute approximate surface area is 220 Å². The van der Waals surface area contributed by atoms with Gasteiger partial charge in [0.2, 0.25) is 0 Å². The SMILES string of the molecule is N#Cc1cncc(-c2ccc(-c3cccc4c(-c5ccc(-c6cncc(C#N)c6)cc5)cccc34)cc2)c1. The molecule has 0 aliphatic heterocycles. The number of hydrogen-bond donors (Lipinski definition) is 0. The Hall–Kier alpha value is -5.58. The zero-order valence-electron chi connectivity index (χ0n) is 20.3. The van der Waals surface area contributed by atoms with E-state index >= 15 is 0 Å². The summed E-state index contributed by atoms with van der Waals surface area (Å²) in [6, 6.07) is 37.6. The van der Waals surface area contributed by atoms with Crippen molar-refractivity contribution >= 4 is 10.8 Å². The molecule has 176 valence electrons. The van der Waals surface area contributed by atoms with E-state index in [0.717, 1.165) is 44.5 Å². The molecule has 4 nitrogen and oxygen atoms in total. The van der Waals surface area contributed by atoms with Crippen LogP contribution in [0.2, 0.25) is 0 Å². The first-order valence-electron chi connectivity index (χ1n) is 12.2. The van der Waals surface area contributed by atoms with E-state index in [4.69, 9.17) is 0 Å². The zero-order chi connectivity index (χ0) is 25.9. The molecule has 0 bridgehead atoms. The van der Waals surface area contributed by atoms with E-state index in [1.807, 2.05) is 12.1 Å². The van der Waals surface area contributed by atoms with Crippen molar-refractivity contribution in [3.05, 3.63) is 133 Å². The number of nitrogens with zero attached hydrogens (tertiary/aromatic N) is 4. The van der Waals surface area contributed by atoms with Crippen LogP contribution in [0.25, 0.3) is 55.3 Å². The standard InChI is InChI=1S/C34H20N4/c35-17-23-15-29(21-37-19-23)25-7-11-27(12-8-25)31-3-1-5-33-32(4-2-6-34(31)33)28-13-9-26(10-14-28)30-16-24(18-36)20-38-22-30/h1-16,19-22H. The number of aromatic nitrogens is 2. The van der Waals surface area contributed by atoms with Crippen LogP contribution in [-0.4, -0.2) is 9.97 Å². The first-order chi connectivity index (χ1) is 18.7. The van der Waals surface area contributed by atoms with E-state index in [1.165, 1.54) is 10.8 Å². The summed E-state index contributed by atoms with van der Waals surface area (Å²) < 4.78 is 0. The summed E-state index contributed by atoms with van der Waals surface area (Å²) in [4.78, 5) is 8.37. The average Bonchev–Trinajstić information content (AvgIpc) is 3.00. The molecule has 0 amide bonds. The first-order valence-corrected chi connectivity index (χ1v) is 12.2. The fraction of sp³-hybridized carbons (Fsp3) is 0. The average molecular weight is 485 g/mol. The topological polar surface area (TPSA) is 73.4 Å². The molecule has 0 fully saturated rings. The highest BCUT2D eigenvalue weighted by Gasteiger charge is 2.10. The Balaban J connectivity index is 1.36. The zero-order valence-corrected chi connectivity index (χ0v) is 20.3. The second-order valence-electron chi connectivity index (χ2n) is 9.01. The quantitative estimate of drug-likeness (QED) is 0.254. The molecule has 38 heavy (non-hydrogen) atoms. The Morgan fingerprint density at radius 2 is 0.816 bits per heavy atom. The third kappa shape index (κ3) is 4.28. The number of hydrogen-bond acceptors (Lipinski definition) is 4. The summed E-state index contributed by atoms with van der Waals surface area (Å²) in [5.74, 6) is 0. The molecule has 0 unspecified atom stereocenters. The van der Waals surface area contributed by atoms with Crippen LogP contribution in [0.4, 0.5) is 0 Å². The Kier molecular flexibility index (Phi) is 5.91. The Morgan fingerprint density at radius 1 is 0.421 bits per heavy atom. The molecule has 0 aliphatic rings. The summed E-state index contributed by atoms with van der Waals surface area (Å²) in [5.41, 5.74) is 9.57. The first kappa shape index (κ1) is 22.9. The Morgan fingerprint density at radius 3 is 1.21 bits per heavy atom. The van der Waals surface area contributed by atoms with Crippen LogP contribution in [0.15, 0.2) is 122 Å². The van der Waals surface area contributed by atoms with Crippen LogP contribution in [0, 0.1) is 22.7 Å². The summed E-state index contributed by atoms with van der Waals surface area (Å²) in [7, 11) is 0. The minimum absolute atomic E-state index is 0.550. The lowest BCUT2D eigenvalue weighted by molar-refractivity contribution is 1.30. The molecule has 0 saturated carbocycles. The van der Waals surface area contributed by atoms with Gasteiger partial charge >= 0.3 is 0 Å². The summed E-state index contributed by atoms with van der Waals surface area (Å²) in [6.07, 6.45) is 6.70. The van der Waals surface area contributed by atoms with Crippen molar-refractivity contribution in [2.45, 2.75) is 0 Å². The molecule has 4 heteroatoms. The lowest BCUT2D eigenvalue weighted by atomic mass is 9.92. The van der Waals surface area contributed by atoms with Crippen molar-refractivity contribution in [2.75, 3.05) is 0 Å². The normalized spacial score (nSPS) is 10.6. The van der Waals surface area contributed by atoms with Gasteiger partial charge in [0.1, 0.15) is 12.1 Å². The molecule has 2 heterocycles. The van der Waals surface area contributed by atoms with E-state index in [1.54, 1.807) is 24.8 Å². The molecule has 2 aromatic heterocycles. The Bertz CT molecular complexity index is 1730. The highest BCUT2D eigenvalue weighted by Crippen LogP contribution is 2.36. The number of nitriles is 2. The molecule has 0 atom stereocenters. The fourth-order valence-corrected chi connectivity index (χ4v) is 4.82. The fourth-order valence-electron chi connectivity index (χ4n) is 4.82. The van der Waals surface area contributed by atoms with Crippen LogP contribution in [0.5, 0.6) is 0 Å². The third-order valence-corrected chi connectivity index (χ3v) is 6.72. The molecule has 4 aromatic carbocycles. The number of rotatable bonds is 4. The van der Waals surface area contributed by atoms with Gasteiger partial charge in [0.15, 0.2) is 0 Å². The third-order valence-electron chi connectivity index (χ3n) is 6.72. The lowest BCUT2D eigenvalue weighted by Gasteiger charge is -2.12. The summed E-state index contributed by atoms with van der Waals surface area (Å²) >= 11 is 0. The number of fused-ring (bicyclic) bond motifs is 1. The highest BCUT2D eigenvalue weighted by atomic mass is 14.6. The van der Waals surface area contributed by atoms with Gasteiger partial charge in [-0.2, -0.15) is 10.5 Å². The minimum atomic E-state index is 0.550. The van der Waals surface area contributed by atoms with Crippen molar-refractivity contribution in [3.63, 3.8) is 0 Å². The second-order valence-corrected chi connectivity index (χ2v) is 9.01. The molecular weight excluding hydrogens is 464 g/mol. The predicted octanol–water partition coefficient (Wildman–Crippen LogP) is 8.04. The highest BCUT2D eigenvalue weighted by molar-refractivity contribution is 6.04. The van der Waals surface area contributed by atoms with Gasteiger partial charge in [0.05, 0.1) is 11.1 Å². The van der Waals surface area contributed by atoms with Crippen molar-refractivity contribution in [1.29, 1.82) is 10.5 Å².